The van der Waals surface area contributed by atoms with Crippen molar-refractivity contribution in [3.05, 3.63) is 20.2 Å². The smallest absolute Gasteiger partial charge is 0.381 e. The predicted molar refractivity (Wildman–Crippen MR) is 67.0 cm³/mol. The van der Waals surface area contributed by atoms with E-state index in [4.69, 9.17) is 4.74 Å². The maximum Gasteiger partial charge on any atom is 0.381 e. The first-order valence-corrected chi connectivity index (χ1v) is 6.41. The zero-order valence-corrected chi connectivity index (χ0v) is 11.1. The minimum atomic E-state index is -1.41. The third-order valence-electron chi connectivity index (χ3n) is 2.59. The maximum atomic E-state index is 11.5. The van der Waals surface area contributed by atoms with Crippen molar-refractivity contribution < 1.29 is 19.4 Å². The molecule has 8 heteroatoms. The van der Waals surface area contributed by atoms with E-state index in [0.29, 0.717) is 6.42 Å². The summed E-state index contributed by atoms with van der Waals surface area (Å²) in [7, 11) is 0. The van der Waals surface area contributed by atoms with Gasteiger partial charge in [-0.3, -0.25) is 20.2 Å². The number of rotatable bonds is 11. The van der Waals surface area contributed by atoms with Crippen LogP contribution in [0.1, 0.15) is 45.4 Å². The van der Waals surface area contributed by atoms with Crippen molar-refractivity contribution >= 4 is 5.97 Å². The lowest BCUT2D eigenvalue weighted by Crippen LogP contribution is -2.31. The molecule has 0 bridgehead atoms. The van der Waals surface area contributed by atoms with Crippen LogP contribution < -0.4 is 0 Å². The summed E-state index contributed by atoms with van der Waals surface area (Å²) in [4.78, 5) is 31.1. The van der Waals surface area contributed by atoms with E-state index in [-0.39, 0.29) is 32.4 Å². The predicted octanol–water partition coefficient (Wildman–Crippen LogP) is 1.81. The van der Waals surface area contributed by atoms with Crippen molar-refractivity contribution in [2.75, 3.05) is 13.2 Å². The monoisotopic (exact) mass is 276 g/mol. The van der Waals surface area contributed by atoms with Gasteiger partial charge in [-0.1, -0.05) is 19.8 Å². The number of carbonyl (C=O) groups excluding carboxylic acids is 1. The number of esters is 1. The molecule has 0 aliphatic carbocycles. The second-order valence-corrected chi connectivity index (χ2v) is 4.23. The normalized spacial score (nSPS) is 11.8. The first kappa shape index (κ1) is 17.3. The molecule has 0 spiro atoms. The molecule has 0 aromatic heterocycles. The van der Waals surface area contributed by atoms with Gasteiger partial charge in [0.15, 0.2) is 0 Å². The summed E-state index contributed by atoms with van der Waals surface area (Å²) in [5.41, 5.74) is 0. The van der Waals surface area contributed by atoms with Crippen molar-refractivity contribution in [3.8, 4) is 0 Å². The Morgan fingerprint density at radius 1 is 1.16 bits per heavy atom. The lowest BCUT2D eigenvalue weighted by atomic mass is 10.1. The Labute approximate surface area is 111 Å². The fourth-order valence-corrected chi connectivity index (χ4v) is 1.51. The highest BCUT2D eigenvalue weighted by molar-refractivity contribution is 5.74. The summed E-state index contributed by atoms with van der Waals surface area (Å²) in [6, 6.07) is -1.41. The number of nitro groups is 2. The zero-order valence-electron chi connectivity index (χ0n) is 11.1. The standard InChI is InChI=1S/C11H20N2O6/c1-2-3-6-9-19-11(14)10(13(17)18)7-4-5-8-12(15)16/h10H,2-9H2,1H3. The molecule has 0 amide bonds. The minimum Gasteiger partial charge on any atom is -0.461 e. The largest absolute Gasteiger partial charge is 0.461 e. The van der Waals surface area contributed by atoms with Crippen LogP contribution in [0.2, 0.25) is 0 Å². The van der Waals surface area contributed by atoms with Crippen LogP contribution in [-0.2, 0) is 9.53 Å². The Morgan fingerprint density at radius 3 is 2.37 bits per heavy atom. The van der Waals surface area contributed by atoms with E-state index < -0.39 is 21.9 Å². The first-order valence-electron chi connectivity index (χ1n) is 6.41. The molecule has 110 valence electrons. The minimum absolute atomic E-state index is 0.0204. The second kappa shape index (κ2) is 10.2. The SMILES string of the molecule is CCCCCOC(=O)C(CCCC[N+](=O)[O-])[N+](=O)[O-]. The highest BCUT2D eigenvalue weighted by Crippen LogP contribution is 2.07. The quantitative estimate of drug-likeness (QED) is 0.246. The highest BCUT2D eigenvalue weighted by atomic mass is 16.6. The first-order chi connectivity index (χ1) is 8.99. The molecule has 8 nitrogen and oxygen atoms in total. The number of carbonyl (C=O) groups is 1. The summed E-state index contributed by atoms with van der Waals surface area (Å²) >= 11 is 0. The molecule has 0 saturated carbocycles. The van der Waals surface area contributed by atoms with Crippen molar-refractivity contribution in [1.82, 2.24) is 0 Å². The average molecular weight is 276 g/mol. The lowest BCUT2D eigenvalue weighted by molar-refractivity contribution is -0.512. The molecular weight excluding hydrogens is 256 g/mol. The molecule has 0 N–H and O–H groups in total. The third-order valence-corrected chi connectivity index (χ3v) is 2.59. The Balaban J connectivity index is 3.98. The fraction of sp³-hybridized carbons (Fsp3) is 0.909. The maximum absolute atomic E-state index is 11.5. The number of hydrogen-bond acceptors (Lipinski definition) is 6. The van der Waals surface area contributed by atoms with Gasteiger partial charge in [-0.25, -0.2) is 4.79 Å². The van der Waals surface area contributed by atoms with Crippen LogP contribution in [0.25, 0.3) is 0 Å². The molecule has 0 aromatic rings. The molecule has 0 saturated heterocycles. The van der Waals surface area contributed by atoms with E-state index in [1.165, 1.54) is 0 Å². The Morgan fingerprint density at radius 2 is 1.84 bits per heavy atom. The van der Waals surface area contributed by atoms with E-state index in [9.17, 15) is 25.0 Å². The number of ether oxygens (including phenoxy) is 1. The van der Waals surface area contributed by atoms with Crippen LogP contribution in [0.5, 0.6) is 0 Å². The van der Waals surface area contributed by atoms with Crippen LogP contribution in [-0.4, -0.2) is 35.0 Å². The topological polar surface area (TPSA) is 113 Å². The van der Waals surface area contributed by atoms with Gasteiger partial charge < -0.3 is 4.74 Å². The zero-order chi connectivity index (χ0) is 14.7. The van der Waals surface area contributed by atoms with Gasteiger partial charge in [-0.2, -0.15) is 0 Å². The molecule has 0 aliphatic rings. The van der Waals surface area contributed by atoms with Crippen LogP contribution in [0, 0.1) is 20.2 Å². The van der Waals surface area contributed by atoms with Gasteiger partial charge in [0, 0.05) is 22.7 Å². The summed E-state index contributed by atoms with van der Waals surface area (Å²) in [5, 5.41) is 20.8. The molecule has 0 fully saturated rings. The Kier molecular flexibility index (Phi) is 9.29. The Hall–Kier alpha value is -1.73. The van der Waals surface area contributed by atoms with Crippen molar-refractivity contribution in [3.63, 3.8) is 0 Å². The van der Waals surface area contributed by atoms with Gasteiger partial charge >= 0.3 is 12.0 Å². The number of nitrogens with zero attached hydrogens (tertiary/aromatic N) is 2. The Bertz CT molecular complexity index is 308. The second-order valence-electron chi connectivity index (χ2n) is 4.23. The molecular formula is C11H20N2O6. The fourth-order valence-electron chi connectivity index (χ4n) is 1.51. The van der Waals surface area contributed by atoms with Gasteiger partial charge in [0.25, 0.3) is 0 Å². The molecule has 0 rings (SSSR count). The van der Waals surface area contributed by atoms with Gasteiger partial charge in [0.2, 0.25) is 6.54 Å². The van der Waals surface area contributed by atoms with Crippen LogP contribution in [0.15, 0.2) is 0 Å². The van der Waals surface area contributed by atoms with Crippen LogP contribution >= 0.6 is 0 Å². The molecule has 1 unspecified atom stereocenters. The van der Waals surface area contributed by atoms with E-state index in [1.54, 1.807) is 0 Å². The lowest BCUT2D eigenvalue weighted by Gasteiger charge is -2.08. The van der Waals surface area contributed by atoms with Crippen LogP contribution in [0.3, 0.4) is 0 Å². The summed E-state index contributed by atoms with van der Waals surface area (Å²) in [6.45, 7) is 1.94. The van der Waals surface area contributed by atoms with E-state index >= 15 is 0 Å². The molecule has 0 aliphatic heterocycles. The highest BCUT2D eigenvalue weighted by Gasteiger charge is 2.30. The molecule has 1 atom stereocenters. The summed E-state index contributed by atoms with van der Waals surface area (Å²) in [5.74, 6) is -0.845. The molecule has 0 aromatic carbocycles. The van der Waals surface area contributed by atoms with Gasteiger partial charge in [-0.05, 0) is 12.8 Å². The summed E-state index contributed by atoms with van der Waals surface area (Å²) in [6.07, 6.45) is 3.02. The van der Waals surface area contributed by atoms with Crippen LogP contribution in [0.4, 0.5) is 0 Å². The third kappa shape index (κ3) is 8.92. The van der Waals surface area contributed by atoms with E-state index in [2.05, 4.69) is 0 Å². The van der Waals surface area contributed by atoms with Gasteiger partial charge in [0.1, 0.15) is 0 Å². The van der Waals surface area contributed by atoms with Crippen molar-refractivity contribution in [1.29, 1.82) is 0 Å². The molecule has 0 radical (unpaired) electrons. The number of hydrogen-bond donors (Lipinski definition) is 0. The molecule has 0 heterocycles. The number of unbranched alkanes of at least 4 members (excludes halogenated alkanes) is 3. The van der Waals surface area contributed by atoms with E-state index in [1.807, 2.05) is 6.92 Å². The van der Waals surface area contributed by atoms with Gasteiger partial charge in [0.05, 0.1) is 6.61 Å². The summed E-state index contributed by atoms with van der Waals surface area (Å²) < 4.78 is 4.83. The average Bonchev–Trinajstić information content (AvgIpc) is 2.33. The van der Waals surface area contributed by atoms with Crippen molar-refractivity contribution in [2.24, 2.45) is 0 Å². The van der Waals surface area contributed by atoms with Gasteiger partial charge in [-0.15, -0.1) is 0 Å². The molecule has 19 heavy (non-hydrogen) atoms. The van der Waals surface area contributed by atoms with E-state index in [0.717, 1.165) is 12.8 Å². The van der Waals surface area contributed by atoms with Crippen molar-refractivity contribution in [2.45, 2.75) is 51.5 Å².